The predicted molar refractivity (Wildman–Crippen MR) is 65.6 cm³/mol. The number of benzene rings is 1. The maximum Gasteiger partial charge on any atom is 0.138 e. The van der Waals surface area contributed by atoms with Crippen LogP contribution in [0.25, 0.3) is 0 Å². The molecule has 4 heteroatoms. The first-order valence-electron chi connectivity index (χ1n) is 5.07. The summed E-state index contributed by atoms with van der Waals surface area (Å²) in [5, 5.41) is 3.22. The molecule has 1 heterocycles. The molecule has 1 aromatic heterocycles. The summed E-state index contributed by atoms with van der Waals surface area (Å²) >= 11 is 0. The van der Waals surface area contributed by atoms with Crippen molar-refractivity contribution in [2.45, 2.75) is 13.8 Å². The van der Waals surface area contributed by atoms with Crippen molar-refractivity contribution in [2.75, 3.05) is 11.1 Å². The summed E-state index contributed by atoms with van der Waals surface area (Å²) in [4.78, 5) is 8.09. The third kappa shape index (κ3) is 2.11. The van der Waals surface area contributed by atoms with E-state index in [1.165, 1.54) is 11.9 Å². The maximum absolute atomic E-state index is 5.71. The number of hydrogen-bond acceptors (Lipinski definition) is 4. The van der Waals surface area contributed by atoms with Crippen molar-refractivity contribution in [3.63, 3.8) is 0 Å². The summed E-state index contributed by atoms with van der Waals surface area (Å²) in [7, 11) is 0. The van der Waals surface area contributed by atoms with Crippen molar-refractivity contribution in [1.29, 1.82) is 0 Å². The summed E-state index contributed by atoms with van der Waals surface area (Å²) in [5.41, 5.74) is 8.78. The molecule has 0 fully saturated rings. The summed E-state index contributed by atoms with van der Waals surface area (Å²) in [5.74, 6) is 1.25. The highest BCUT2D eigenvalue weighted by Gasteiger charge is 2.03. The number of nitrogens with zero attached hydrogens (tertiary/aromatic N) is 2. The molecular formula is C12H14N4. The smallest absolute Gasteiger partial charge is 0.138 e. The SMILES string of the molecule is Cc1cccc(Nc2ncnc(N)c2C)c1. The Morgan fingerprint density at radius 1 is 1.19 bits per heavy atom. The largest absolute Gasteiger partial charge is 0.383 e. The van der Waals surface area contributed by atoms with Gasteiger partial charge in [-0.15, -0.1) is 0 Å². The molecule has 0 amide bonds. The second kappa shape index (κ2) is 4.18. The van der Waals surface area contributed by atoms with E-state index in [2.05, 4.69) is 21.4 Å². The van der Waals surface area contributed by atoms with Gasteiger partial charge in [-0.05, 0) is 31.5 Å². The summed E-state index contributed by atoms with van der Waals surface area (Å²) in [6.45, 7) is 3.94. The number of nitrogen functional groups attached to an aromatic ring is 1. The van der Waals surface area contributed by atoms with Crippen LogP contribution in [0.15, 0.2) is 30.6 Å². The number of anilines is 3. The van der Waals surface area contributed by atoms with E-state index in [4.69, 9.17) is 5.73 Å². The number of rotatable bonds is 2. The first kappa shape index (κ1) is 10.4. The maximum atomic E-state index is 5.71. The Morgan fingerprint density at radius 3 is 2.75 bits per heavy atom. The third-order valence-electron chi connectivity index (χ3n) is 2.40. The van der Waals surface area contributed by atoms with Crippen LogP contribution >= 0.6 is 0 Å². The van der Waals surface area contributed by atoms with Gasteiger partial charge in [0.05, 0.1) is 0 Å². The van der Waals surface area contributed by atoms with Crippen LogP contribution in [0, 0.1) is 13.8 Å². The van der Waals surface area contributed by atoms with Gasteiger partial charge in [-0.1, -0.05) is 12.1 Å². The highest BCUT2D eigenvalue weighted by molar-refractivity contribution is 5.63. The van der Waals surface area contributed by atoms with Gasteiger partial charge in [0.15, 0.2) is 0 Å². The lowest BCUT2D eigenvalue weighted by atomic mass is 10.2. The third-order valence-corrected chi connectivity index (χ3v) is 2.40. The van der Waals surface area contributed by atoms with Crippen LogP contribution in [0.1, 0.15) is 11.1 Å². The predicted octanol–water partition coefficient (Wildman–Crippen LogP) is 2.42. The fraction of sp³-hybridized carbons (Fsp3) is 0.167. The van der Waals surface area contributed by atoms with Gasteiger partial charge in [0.1, 0.15) is 18.0 Å². The van der Waals surface area contributed by atoms with Crippen LogP contribution in [0.4, 0.5) is 17.3 Å². The molecule has 0 aliphatic rings. The number of hydrogen-bond donors (Lipinski definition) is 2. The molecule has 0 spiro atoms. The van der Waals surface area contributed by atoms with Crippen molar-refractivity contribution in [1.82, 2.24) is 9.97 Å². The normalized spacial score (nSPS) is 10.1. The summed E-state index contributed by atoms with van der Waals surface area (Å²) in [6, 6.07) is 8.09. The zero-order valence-corrected chi connectivity index (χ0v) is 9.36. The van der Waals surface area contributed by atoms with Crippen molar-refractivity contribution in [3.8, 4) is 0 Å². The molecule has 1 aromatic carbocycles. The van der Waals surface area contributed by atoms with Gasteiger partial charge in [0, 0.05) is 11.3 Å². The van der Waals surface area contributed by atoms with E-state index in [-0.39, 0.29) is 0 Å². The lowest BCUT2D eigenvalue weighted by Crippen LogP contribution is -2.01. The Hall–Kier alpha value is -2.10. The van der Waals surface area contributed by atoms with E-state index in [0.29, 0.717) is 5.82 Å². The molecule has 0 saturated heterocycles. The minimum atomic E-state index is 0.505. The zero-order chi connectivity index (χ0) is 11.5. The van der Waals surface area contributed by atoms with Crippen molar-refractivity contribution >= 4 is 17.3 Å². The molecule has 3 N–H and O–H groups in total. The monoisotopic (exact) mass is 214 g/mol. The van der Waals surface area contributed by atoms with E-state index < -0.39 is 0 Å². The standard InChI is InChI=1S/C12H14N4/c1-8-4-3-5-10(6-8)16-12-9(2)11(13)14-7-15-12/h3-7H,1-2H3,(H3,13,14,15,16). The van der Waals surface area contributed by atoms with Gasteiger partial charge in [-0.3, -0.25) is 0 Å². The van der Waals surface area contributed by atoms with E-state index in [1.54, 1.807) is 0 Å². The summed E-state index contributed by atoms with van der Waals surface area (Å²) < 4.78 is 0. The lowest BCUT2D eigenvalue weighted by molar-refractivity contribution is 1.14. The molecule has 0 atom stereocenters. The second-order valence-electron chi connectivity index (χ2n) is 3.73. The Kier molecular flexibility index (Phi) is 2.72. The fourth-order valence-electron chi connectivity index (χ4n) is 1.45. The van der Waals surface area contributed by atoms with E-state index in [0.717, 1.165) is 17.1 Å². The molecule has 0 unspecified atom stereocenters. The van der Waals surface area contributed by atoms with Gasteiger partial charge < -0.3 is 11.1 Å². The zero-order valence-electron chi connectivity index (χ0n) is 9.36. The number of nitrogens with two attached hydrogens (primary N) is 1. The number of aryl methyl sites for hydroxylation is 1. The Bertz CT molecular complexity index is 508. The molecule has 4 nitrogen and oxygen atoms in total. The summed E-state index contributed by atoms with van der Waals surface area (Å²) in [6.07, 6.45) is 1.46. The Labute approximate surface area is 94.5 Å². The van der Waals surface area contributed by atoms with Crippen LogP contribution in [-0.4, -0.2) is 9.97 Å². The van der Waals surface area contributed by atoms with Crippen LogP contribution in [0.2, 0.25) is 0 Å². The average molecular weight is 214 g/mol. The van der Waals surface area contributed by atoms with E-state index >= 15 is 0 Å². The van der Waals surface area contributed by atoms with Crippen molar-refractivity contribution < 1.29 is 0 Å². The van der Waals surface area contributed by atoms with Crippen molar-refractivity contribution in [2.24, 2.45) is 0 Å². The number of nitrogens with one attached hydrogen (secondary N) is 1. The van der Waals surface area contributed by atoms with Gasteiger partial charge in [-0.2, -0.15) is 0 Å². The minimum Gasteiger partial charge on any atom is -0.383 e. The van der Waals surface area contributed by atoms with Gasteiger partial charge in [-0.25, -0.2) is 9.97 Å². The highest BCUT2D eigenvalue weighted by Crippen LogP contribution is 2.20. The van der Waals surface area contributed by atoms with Crippen LogP contribution < -0.4 is 11.1 Å². The average Bonchev–Trinajstić information content (AvgIpc) is 2.25. The minimum absolute atomic E-state index is 0.505. The topological polar surface area (TPSA) is 63.8 Å². The molecule has 82 valence electrons. The molecule has 0 radical (unpaired) electrons. The lowest BCUT2D eigenvalue weighted by Gasteiger charge is -2.09. The van der Waals surface area contributed by atoms with Crippen LogP contribution in [0.3, 0.4) is 0 Å². The Morgan fingerprint density at radius 2 is 2.00 bits per heavy atom. The molecule has 0 aliphatic carbocycles. The molecule has 0 saturated carbocycles. The highest BCUT2D eigenvalue weighted by atomic mass is 15.0. The van der Waals surface area contributed by atoms with E-state index in [9.17, 15) is 0 Å². The molecule has 2 rings (SSSR count). The van der Waals surface area contributed by atoms with E-state index in [1.807, 2.05) is 32.0 Å². The van der Waals surface area contributed by atoms with Gasteiger partial charge in [0.2, 0.25) is 0 Å². The molecule has 16 heavy (non-hydrogen) atoms. The molecule has 0 aliphatic heterocycles. The van der Waals surface area contributed by atoms with Crippen molar-refractivity contribution in [3.05, 3.63) is 41.7 Å². The Balaban J connectivity index is 2.31. The molecule has 0 bridgehead atoms. The van der Waals surface area contributed by atoms with Gasteiger partial charge in [0.25, 0.3) is 0 Å². The quantitative estimate of drug-likeness (QED) is 0.805. The van der Waals surface area contributed by atoms with Crippen LogP contribution in [-0.2, 0) is 0 Å². The van der Waals surface area contributed by atoms with Crippen LogP contribution in [0.5, 0.6) is 0 Å². The molecular weight excluding hydrogens is 200 g/mol. The fourth-order valence-corrected chi connectivity index (χ4v) is 1.45. The van der Waals surface area contributed by atoms with Gasteiger partial charge >= 0.3 is 0 Å². The first-order valence-corrected chi connectivity index (χ1v) is 5.07. The first-order chi connectivity index (χ1) is 7.66. The second-order valence-corrected chi connectivity index (χ2v) is 3.73. The number of aromatic nitrogens is 2. The molecule has 2 aromatic rings.